The van der Waals surface area contributed by atoms with Crippen LogP contribution in [0.15, 0.2) is 55.1 Å². The lowest BCUT2D eigenvalue weighted by Gasteiger charge is -2.12. The van der Waals surface area contributed by atoms with Gasteiger partial charge in [0.15, 0.2) is 6.61 Å². The first-order valence-corrected chi connectivity index (χ1v) is 7.38. The number of hydrogen-bond acceptors (Lipinski definition) is 4. The molecule has 1 aromatic carbocycles. The highest BCUT2D eigenvalue weighted by Gasteiger charge is 2.29. The lowest BCUT2D eigenvalue weighted by atomic mass is 10.0. The fourth-order valence-electron chi connectivity index (χ4n) is 2.65. The van der Waals surface area contributed by atoms with Crippen molar-refractivity contribution in [1.82, 2.24) is 19.6 Å². The Morgan fingerprint density at radius 3 is 2.80 bits per heavy atom. The average molecular weight is 344 g/mol. The van der Waals surface area contributed by atoms with Gasteiger partial charge in [0.2, 0.25) is 5.88 Å². The first-order chi connectivity index (χ1) is 12.0. The van der Waals surface area contributed by atoms with Crippen LogP contribution >= 0.6 is 0 Å². The van der Waals surface area contributed by atoms with Crippen LogP contribution in [0.2, 0.25) is 0 Å². The number of halogens is 3. The van der Waals surface area contributed by atoms with E-state index in [0.717, 1.165) is 16.6 Å². The second-order valence-electron chi connectivity index (χ2n) is 5.40. The summed E-state index contributed by atoms with van der Waals surface area (Å²) >= 11 is 0. The third-order valence-corrected chi connectivity index (χ3v) is 3.71. The van der Waals surface area contributed by atoms with Crippen molar-refractivity contribution in [3.05, 3.63) is 55.1 Å². The monoisotopic (exact) mass is 344 g/mol. The molecule has 3 aromatic heterocycles. The Labute approximate surface area is 139 Å². The average Bonchev–Trinajstić information content (AvgIpc) is 3.06. The first-order valence-electron chi connectivity index (χ1n) is 7.38. The number of benzene rings is 1. The lowest BCUT2D eigenvalue weighted by Crippen LogP contribution is -2.19. The van der Waals surface area contributed by atoms with Gasteiger partial charge in [0.25, 0.3) is 0 Å². The van der Waals surface area contributed by atoms with E-state index in [4.69, 9.17) is 4.74 Å². The van der Waals surface area contributed by atoms with E-state index in [2.05, 4.69) is 15.1 Å². The molecule has 0 radical (unpaired) electrons. The number of rotatable bonds is 3. The van der Waals surface area contributed by atoms with Crippen molar-refractivity contribution < 1.29 is 17.9 Å². The van der Waals surface area contributed by atoms with Gasteiger partial charge in [-0.3, -0.25) is 0 Å². The normalized spacial score (nSPS) is 12.0. The summed E-state index contributed by atoms with van der Waals surface area (Å²) in [5, 5.41) is 4.57. The van der Waals surface area contributed by atoms with Crippen molar-refractivity contribution in [1.29, 1.82) is 0 Å². The number of nitrogens with zero attached hydrogens (tertiary/aromatic N) is 4. The summed E-state index contributed by atoms with van der Waals surface area (Å²) in [6.07, 6.45) is 0.274. The summed E-state index contributed by atoms with van der Waals surface area (Å²) in [5.74, 6) is -0.0883. The SMILES string of the molecule is FC(F)(F)COc1ncnc2c(-c3ccn4nccc4c3)cccc12. The maximum Gasteiger partial charge on any atom is 0.422 e. The highest BCUT2D eigenvalue weighted by Crippen LogP contribution is 2.31. The molecule has 8 heteroatoms. The summed E-state index contributed by atoms with van der Waals surface area (Å²) in [7, 11) is 0. The second kappa shape index (κ2) is 5.73. The minimum absolute atomic E-state index is 0.0883. The van der Waals surface area contributed by atoms with Gasteiger partial charge < -0.3 is 4.74 Å². The Kier molecular flexibility index (Phi) is 3.52. The zero-order valence-electron chi connectivity index (χ0n) is 12.7. The summed E-state index contributed by atoms with van der Waals surface area (Å²) in [6.45, 7) is -1.40. The number of fused-ring (bicyclic) bond motifs is 2. The third-order valence-electron chi connectivity index (χ3n) is 3.71. The van der Waals surface area contributed by atoms with E-state index in [1.807, 2.05) is 30.5 Å². The Morgan fingerprint density at radius 2 is 1.96 bits per heavy atom. The molecule has 5 nitrogen and oxygen atoms in total. The fourth-order valence-corrected chi connectivity index (χ4v) is 2.65. The molecule has 0 bridgehead atoms. The van der Waals surface area contributed by atoms with E-state index in [9.17, 15) is 13.2 Å². The Morgan fingerprint density at radius 1 is 1.08 bits per heavy atom. The lowest BCUT2D eigenvalue weighted by molar-refractivity contribution is -0.153. The molecule has 0 saturated carbocycles. The number of ether oxygens (including phenoxy) is 1. The summed E-state index contributed by atoms with van der Waals surface area (Å²) < 4.78 is 43.8. The molecule has 0 unspecified atom stereocenters. The molecule has 0 aliphatic heterocycles. The van der Waals surface area contributed by atoms with Crippen molar-refractivity contribution >= 4 is 16.4 Å². The van der Waals surface area contributed by atoms with Crippen LogP contribution in [0.3, 0.4) is 0 Å². The van der Waals surface area contributed by atoms with Gasteiger partial charge in [-0.05, 0) is 29.8 Å². The molecule has 0 atom stereocenters. The van der Waals surface area contributed by atoms with Crippen LogP contribution in [-0.4, -0.2) is 32.4 Å². The molecular weight excluding hydrogens is 333 g/mol. The van der Waals surface area contributed by atoms with E-state index < -0.39 is 12.8 Å². The fraction of sp³-hybridized carbons (Fsp3) is 0.118. The predicted octanol–water partition coefficient (Wildman–Crippen LogP) is 3.89. The smallest absolute Gasteiger partial charge is 0.422 e. The Balaban J connectivity index is 1.82. The number of aromatic nitrogens is 4. The van der Waals surface area contributed by atoms with Gasteiger partial charge in [0, 0.05) is 18.0 Å². The molecule has 0 spiro atoms. The van der Waals surface area contributed by atoms with Crippen LogP contribution < -0.4 is 4.74 Å². The molecule has 126 valence electrons. The standard InChI is InChI=1S/C17H11F3N4O/c18-17(19,20)9-25-16-14-3-1-2-13(15(14)21-10-22-16)11-5-7-24-12(8-11)4-6-23-24/h1-8,10H,9H2. The van der Waals surface area contributed by atoms with Crippen LogP contribution in [0.1, 0.15) is 0 Å². The summed E-state index contributed by atoms with van der Waals surface area (Å²) in [5.41, 5.74) is 3.08. The van der Waals surface area contributed by atoms with Gasteiger partial charge in [-0.2, -0.15) is 18.3 Å². The van der Waals surface area contributed by atoms with E-state index in [0.29, 0.717) is 10.9 Å². The predicted molar refractivity (Wildman–Crippen MR) is 85.3 cm³/mol. The van der Waals surface area contributed by atoms with Crippen LogP contribution in [0, 0.1) is 0 Å². The Bertz CT molecular complexity index is 1060. The van der Waals surface area contributed by atoms with Gasteiger partial charge in [0.05, 0.1) is 16.4 Å². The van der Waals surface area contributed by atoms with Crippen LogP contribution in [0.5, 0.6) is 5.88 Å². The van der Waals surface area contributed by atoms with Crippen molar-refractivity contribution in [3.63, 3.8) is 0 Å². The van der Waals surface area contributed by atoms with Gasteiger partial charge >= 0.3 is 6.18 Å². The third kappa shape index (κ3) is 2.98. The first kappa shape index (κ1) is 15.4. The zero-order valence-corrected chi connectivity index (χ0v) is 12.7. The summed E-state index contributed by atoms with van der Waals surface area (Å²) in [6, 6.07) is 10.9. The topological polar surface area (TPSA) is 52.3 Å². The van der Waals surface area contributed by atoms with Gasteiger partial charge in [-0.1, -0.05) is 12.1 Å². The molecule has 3 heterocycles. The van der Waals surface area contributed by atoms with Crippen molar-refractivity contribution in [2.24, 2.45) is 0 Å². The Hall–Kier alpha value is -3.16. The molecule has 0 amide bonds. The molecular formula is C17H11F3N4O. The molecule has 0 fully saturated rings. The van der Waals surface area contributed by atoms with Crippen LogP contribution in [-0.2, 0) is 0 Å². The maximum absolute atomic E-state index is 12.4. The van der Waals surface area contributed by atoms with Gasteiger partial charge in [-0.15, -0.1) is 0 Å². The van der Waals surface area contributed by atoms with Crippen LogP contribution in [0.25, 0.3) is 27.5 Å². The van der Waals surface area contributed by atoms with Gasteiger partial charge in [-0.25, -0.2) is 14.5 Å². The van der Waals surface area contributed by atoms with E-state index in [1.165, 1.54) is 6.33 Å². The van der Waals surface area contributed by atoms with E-state index in [-0.39, 0.29) is 5.88 Å². The zero-order chi connectivity index (χ0) is 17.4. The van der Waals surface area contributed by atoms with Crippen LogP contribution in [0.4, 0.5) is 13.2 Å². The minimum atomic E-state index is -4.43. The molecule has 0 aliphatic rings. The number of para-hydroxylation sites is 1. The highest BCUT2D eigenvalue weighted by atomic mass is 19.4. The molecule has 0 aliphatic carbocycles. The minimum Gasteiger partial charge on any atom is -0.467 e. The second-order valence-corrected chi connectivity index (χ2v) is 5.40. The number of alkyl halides is 3. The number of pyridine rings is 1. The summed E-state index contributed by atoms with van der Waals surface area (Å²) in [4.78, 5) is 8.07. The maximum atomic E-state index is 12.4. The molecule has 4 aromatic rings. The van der Waals surface area contributed by atoms with Crippen molar-refractivity contribution in [2.75, 3.05) is 6.61 Å². The quantitative estimate of drug-likeness (QED) is 0.566. The van der Waals surface area contributed by atoms with Crippen molar-refractivity contribution in [2.45, 2.75) is 6.18 Å². The number of hydrogen-bond donors (Lipinski definition) is 0. The van der Waals surface area contributed by atoms with E-state index in [1.54, 1.807) is 22.8 Å². The largest absolute Gasteiger partial charge is 0.467 e. The van der Waals surface area contributed by atoms with Gasteiger partial charge in [0.1, 0.15) is 6.33 Å². The molecule has 0 N–H and O–H groups in total. The van der Waals surface area contributed by atoms with E-state index >= 15 is 0 Å². The molecule has 4 rings (SSSR count). The highest BCUT2D eigenvalue weighted by molar-refractivity contribution is 5.96. The van der Waals surface area contributed by atoms with Crippen molar-refractivity contribution in [3.8, 4) is 17.0 Å². The molecule has 25 heavy (non-hydrogen) atoms. The molecule has 0 saturated heterocycles.